The van der Waals surface area contributed by atoms with E-state index in [-0.39, 0.29) is 0 Å². The van der Waals surface area contributed by atoms with Gasteiger partial charge < -0.3 is 5.73 Å². The molecule has 14 heavy (non-hydrogen) atoms. The zero-order chi connectivity index (χ0) is 10.1. The Hall–Kier alpha value is -0.860. The van der Waals surface area contributed by atoms with Crippen molar-refractivity contribution in [2.45, 2.75) is 25.4 Å². The number of benzene rings is 1. The van der Waals surface area contributed by atoms with Gasteiger partial charge in [-0.05, 0) is 26.0 Å². The second kappa shape index (κ2) is 3.71. The molecule has 1 aliphatic rings. The molecule has 0 amide bonds. The first-order chi connectivity index (χ1) is 6.68. The Morgan fingerprint density at radius 1 is 1.43 bits per heavy atom. The lowest BCUT2D eigenvalue weighted by Crippen LogP contribution is -2.29. The fourth-order valence-corrected chi connectivity index (χ4v) is 2.33. The first-order valence-electron chi connectivity index (χ1n) is 5.21. The van der Waals surface area contributed by atoms with Crippen molar-refractivity contribution in [1.82, 2.24) is 4.90 Å². The van der Waals surface area contributed by atoms with E-state index in [0.29, 0.717) is 12.1 Å². The Labute approximate surface area is 85.7 Å². The first kappa shape index (κ1) is 9.69. The SMILES string of the molecule is Cc1cccc(C2C(N)CCN2C)c1. The number of likely N-dealkylation sites (N-methyl/N-ethyl adjacent to an activating group) is 1. The number of hydrogen-bond donors (Lipinski definition) is 1. The Kier molecular flexibility index (Phi) is 2.57. The van der Waals surface area contributed by atoms with Gasteiger partial charge in [-0.25, -0.2) is 0 Å². The molecule has 0 aliphatic carbocycles. The molecule has 1 heterocycles. The van der Waals surface area contributed by atoms with E-state index in [1.165, 1.54) is 11.1 Å². The molecule has 1 saturated heterocycles. The Balaban J connectivity index is 2.29. The number of aryl methyl sites for hydroxylation is 1. The molecule has 2 atom stereocenters. The smallest absolute Gasteiger partial charge is 0.0496 e. The van der Waals surface area contributed by atoms with Crippen LogP contribution in [0.25, 0.3) is 0 Å². The summed E-state index contributed by atoms with van der Waals surface area (Å²) in [6, 6.07) is 9.37. The lowest BCUT2D eigenvalue weighted by molar-refractivity contribution is 0.304. The van der Waals surface area contributed by atoms with E-state index in [0.717, 1.165) is 13.0 Å². The van der Waals surface area contributed by atoms with Crippen molar-refractivity contribution >= 4 is 0 Å². The molecule has 1 aliphatic heterocycles. The van der Waals surface area contributed by atoms with Crippen molar-refractivity contribution in [2.24, 2.45) is 5.73 Å². The highest BCUT2D eigenvalue weighted by Gasteiger charge is 2.29. The number of likely N-dealkylation sites (tertiary alicyclic amines) is 1. The van der Waals surface area contributed by atoms with Crippen LogP contribution < -0.4 is 5.73 Å². The minimum atomic E-state index is 0.293. The topological polar surface area (TPSA) is 29.3 Å². The van der Waals surface area contributed by atoms with Gasteiger partial charge in [-0.3, -0.25) is 4.90 Å². The third-order valence-electron chi connectivity index (χ3n) is 3.08. The van der Waals surface area contributed by atoms with E-state index in [9.17, 15) is 0 Å². The van der Waals surface area contributed by atoms with Crippen LogP contribution in [0, 0.1) is 6.92 Å². The molecule has 1 aromatic carbocycles. The van der Waals surface area contributed by atoms with Crippen LogP contribution in [-0.2, 0) is 0 Å². The second-order valence-electron chi connectivity index (χ2n) is 4.29. The molecule has 76 valence electrons. The van der Waals surface area contributed by atoms with Gasteiger partial charge in [0.2, 0.25) is 0 Å². The van der Waals surface area contributed by atoms with Crippen LogP contribution in [-0.4, -0.2) is 24.5 Å². The van der Waals surface area contributed by atoms with Crippen molar-refractivity contribution in [3.8, 4) is 0 Å². The lowest BCUT2D eigenvalue weighted by atomic mass is 9.99. The van der Waals surface area contributed by atoms with E-state index in [1.807, 2.05) is 0 Å². The lowest BCUT2D eigenvalue weighted by Gasteiger charge is -2.23. The van der Waals surface area contributed by atoms with Gasteiger partial charge in [0.15, 0.2) is 0 Å². The van der Waals surface area contributed by atoms with Gasteiger partial charge in [0.1, 0.15) is 0 Å². The van der Waals surface area contributed by atoms with Gasteiger partial charge in [0.25, 0.3) is 0 Å². The quantitative estimate of drug-likeness (QED) is 0.730. The minimum Gasteiger partial charge on any atom is -0.326 e. The molecule has 2 N–H and O–H groups in total. The van der Waals surface area contributed by atoms with Crippen LogP contribution in [0.3, 0.4) is 0 Å². The average Bonchev–Trinajstić information content (AvgIpc) is 2.46. The largest absolute Gasteiger partial charge is 0.326 e. The van der Waals surface area contributed by atoms with E-state index >= 15 is 0 Å². The zero-order valence-corrected chi connectivity index (χ0v) is 8.90. The summed E-state index contributed by atoms with van der Waals surface area (Å²) >= 11 is 0. The second-order valence-corrected chi connectivity index (χ2v) is 4.29. The average molecular weight is 190 g/mol. The van der Waals surface area contributed by atoms with E-state index in [1.54, 1.807) is 0 Å². The fourth-order valence-electron chi connectivity index (χ4n) is 2.33. The summed E-state index contributed by atoms with van der Waals surface area (Å²) in [5, 5.41) is 0. The minimum absolute atomic E-state index is 0.293. The zero-order valence-electron chi connectivity index (χ0n) is 8.90. The van der Waals surface area contributed by atoms with Crippen LogP contribution in [0.4, 0.5) is 0 Å². The number of nitrogens with two attached hydrogens (primary N) is 1. The summed E-state index contributed by atoms with van der Waals surface area (Å²) in [6.45, 7) is 3.24. The molecule has 2 nitrogen and oxygen atoms in total. The van der Waals surface area contributed by atoms with Crippen LogP contribution >= 0.6 is 0 Å². The van der Waals surface area contributed by atoms with Gasteiger partial charge >= 0.3 is 0 Å². The summed E-state index contributed by atoms with van der Waals surface area (Å²) in [7, 11) is 2.15. The van der Waals surface area contributed by atoms with Crippen molar-refractivity contribution in [1.29, 1.82) is 0 Å². The summed E-state index contributed by atoms with van der Waals surface area (Å²) in [5.41, 5.74) is 8.78. The molecule has 0 radical (unpaired) electrons. The highest BCUT2D eigenvalue weighted by Crippen LogP contribution is 2.29. The highest BCUT2D eigenvalue weighted by atomic mass is 15.2. The first-order valence-corrected chi connectivity index (χ1v) is 5.21. The van der Waals surface area contributed by atoms with Crippen LogP contribution in [0.2, 0.25) is 0 Å². The number of hydrogen-bond acceptors (Lipinski definition) is 2. The van der Waals surface area contributed by atoms with Gasteiger partial charge in [0.05, 0.1) is 0 Å². The maximum atomic E-state index is 6.11. The van der Waals surface area contributed by atoms with E-state index in [2.05, 4.69) is 43.1 Å². The molecule has 1 aromatic rings. The summed E-state index contributed by atoms with van der Waals surface area (Å²) in [5.74, 6) is 0. The van der Waals surface area contributed by atoms with Gasteiger partial charge in [0, 0.05) is 18.6 Å². The van der Waals surface area contributed by atoms with Gasteiger partial charge in [-0.1, -0.05) is 29.8 Å². The van der Waals surface area contributed by atoms with Crippen molar-refractivity contribution in [3.05, 3.63) is 35.4 Å². The maximum absolute atomic E-state index is 6.11. The monoisotopic (exact) mass is 190 g/mol. The van der Waals surface area contributed by atoms with Crippen LogP contribution in [0.15, 0.2) is 24.3 Å². The third-order valence-corrected chi connectivity index (χ3v) is 3.08. The Morgan fingerprint density at radius 2 is 2.21 bits per heavy atom. The summed E-state index contributed by atoms with van der Waals surface area (Å²) < 4.78 is 0. The summed E-state index contributed by atoms with van der Waals surface area (Å²) in [4.78, 5) is 2.35. The van der Waals surface area contributed by atoms with Gasteiger partial charge in [-0.15, -0.1) is 0 Å². The predicted octanol–water partition coefficient (Wildman–Crippen LogP) is 1.70. The molecule has 1 fully saturated rings. The van der Waals surface area contributed by atoms with Crippen molar-refractivity contribution < 1.29 is 0 Å². The molecule has 0 saturated carbocycles. The molecular weight excluding hydrogens is 172 g/mol. The maximum Gasteiger partial charge on any atom is 0.0496 e. The number of nitrogens with zero attached hydrogens (tertiary/aromatic N) is 1. The van der Waals surface area contributed by atoms with Crippen molar-refractivity contribution in [2.75, 3.05) is 13.6 Å². The molecular formula is C12H18N2. The van der Waals surface area contributed by atoms with Crippen LogP contribution in [0.1, 0.15) is 23.6 Å². The normalized spacial score (nSPS) is 28.2. The van der Waals surface area contributed by atoms with Crippen LogP contribution in [0.5, 0.6) is 0 Å². The third kappa shape index (κ3) is 1.68. The predicted molar refractivity (Wildman–Crippen MR) is 59.1 cm³/mol. The molecule has 2 rings (SSSR count). The van der Waals surface area contributed by atoms with Gasteiger partial charge in [-0.2, -0.15) is 0 Å². The molecule has 0 spiro atoms. The summed E-state index contributed by atoms with van der Waals surface area (Å²) in [6.07, 6.45) is 1.11. The Morgan fingerprint density at radius 3 is 2.79 bits per heavy atom. The molecule has 2 heteroatoms. The number of rotatable bonds is 1. The Bertz CT molecular complexity index is 312. The molecule has 0 bridgehead atoms. The molecule has 0 aromatic heterocycles. The fraction of sp³-hybridized carbons (Fsp3) is 0.500. The van der Waals surface area contributed by atoms with E-state index in [4.69, 9.17) is 5.73 Å². The van der Waals surface area contributed by atoms with Crippen molar-refractivity contribution in [3.63, 3.8) is 0 Å². The standard InChI is InChI=1S/C12H18N2/c1-9-4-3-5-10(8-9)12-11(13)6-7-14(12)2/h3-5,8,11-12H,6-7,13H2,1-2H3. The molecule has 2 unspecified atom stereocenters. The highest BCUT2D eigenvalue weighted by molar-refractivity contribution is 5.27. The van der Waals surface area contributed by atoms with E-state index < -0.39 is 0 Å².